The molecule has 1 aliphatic rings. The summed E-state index contributed by atoms with van der Waals surface area (Å²) in [4.78, 5) is 26.7. The number of ether oxygens (including phenoxy) is 1. The zero-order chi connectivity index (χ0) is 18.8. The Hall–Kier alpha value is -2.48. The smallest absolute Gasteiger partial charge is 0.232 e. The Morgan fingerprint density at radius 3 is 2.81 bits per heavy atom. The van der Waals surface area contributed by atoms with Crippen molar-refractivity contribution < 1.29 is 14.3 Å². The zero-order valence-corrected chi connectivity index (χ0v) is 16.0. The summed E-state index contributed by atoms with van der Waals surface area (Å²) in [7, 11) is 3.32. The second-order valence-electron chi connectivity index (χ2n) is 6.63. The third kappa shape index (κ3) is 3.55. The number of nitrogens with one attached hydrogen (secondary N) is 1. The highest BCUT2D eigenvalue weighted by Crippen LogP contribution is 2.39. The number of carbonyl (C=O) groups is 2. The lowest BCUT2D eigenvalue weighted by Crippen LogP contribution is -2.30. The van der Waals surface area contributed by atoms with E-state index in [0.29, 0.717) is 10.9 Å². The molecule has 1 fully saturated rings. The zero-order valence-electron chi connectivity index (χ0n) is 15.2. The topological polar surface area (TPSA) is 84.4 Å². The summed E-state index contributed by atoms with van der Waals surface area (Å²) in [6, 6.07) is 7.13. The number of benzene rings is 1. The van der Waals surface area contributed by atoms with Crippen LogP contribution in [-0.4, -0.2) is 41.1 Å². The van der Waals surface area contributed by atoms with E-state index in [0.717, 1.165) is 10.6 Å². The van der Waals surface area contributed by atoms with Gasteiger partial charge in [-0.2, -0.15) is 0 Å². The van der Waals surface area contributed by atoms with Crippen LogP contribution >= 0.6 is 11.3 Å². The second-order valence-corrected chi connectivity index (χ2v) is 7.64. The first-order valence-corrected chi connectivity index (χ1v) is 9.26. The molecule has 0 bridgehead atoms. The van der Waals surface area contributed by atoms with Gasteiger partial charge < -0.3 is 15.0 Å². The molecule has 0 saturated carbocycles. The maximum absolute atomic E-state index is 12.8. The summed E-state index contributed by atoms with van der Waals surface area (Å²) in [5.74, 6) is 0.174. The molecular weight excluding hydrogens is 352 g/mol. The van der Waals surface area contributed by atoms with Crippen molar-refractivity contribution in [3.8, 4) is 5.75 Å². The molecule has 1 aliphatic heterocycles. The SMILES string of the molecule is COc1cccc(C2C(C(=O)Nc3nnc(C(C)C)s3)CC(=O)N2C)c1. The molecular formula is C18H22N4O3S. The highest BCUT2D eigenvalue weighted by molar-refractivity contribution is 7.15. The molecule has 0 spiro atoms. The number of aromatic nitrogens is 2. The van der Waals surface area contributed by atoms with E-state index in [1.54, 1.807) is 19.1 Å². The molecule has 0 aliphatic carbocycles. The van der Waals surface area contributed by atoms with Crippen molar-refractivity contribution in [3.63, 3.8) is 0 Å². The Bertz CT molecular complexity index is 820. The minimum Gasteiger partial charge on any atom is -0.497 e. The van der Waals surface area contributed by atoms with Crippen LogP contribution in [0.25, 0.3) is 0 Å². The van der Waals surface area contributed by atoms with E-state index < -0.39 is 5.92 Å². The summed E-state index contributed by atoms with van der Waals surface area (Å²) in [6.45, 7) is 4.05. The summed E-state index contributed by atoms with van der Waals surface area (Å²) >= 11 is 1.36. The molecule has 1 aromatic carbocycles. The summed E-state index contributed by atoms with van der Waals surface area (Å²) < 4.78 is 5.27. The Kier molecular flexibility index (Phi) is 5.22. The number of nitrogens with zero attached hydrogens (tertiary/aromatic N) is 3. The van der Waals surface area contributed by atoms with Gasteiger partial charge in [-0.15, -0.1) is 10.2 Å². The van der Waals surface area contributed by atoms with Gasteiger partial charge in [0.2, 0.25) is 16.9 Å². The van der Waals surface area contributed by atoms with Gasteiger partial charge in [-0.25, -0.2) is 0 Å². The number of anilines is 1. The van der Waals surface area contributed by atoms with Gasteiger partial charge in [-0.1, -0.05) is 37.3 Å². The van der Waals surface area contributed by atoms with Gasteiger partial charge in [0.25, 0.3) is 0 Å². The fraction of sp³-hybridized carbons (Fsp3) is 0.444. The van der Waals surface area contributed by atoms with E-state index in [1.165, 1.54) is 11.3 Å². The lowest BCUT2D eigenvalue weighted by Gasteiger charge is -2.25. The average molecular weight is 374 g/mol. The quantitative estimate of drug-likeness (QED) is 0.870. The molecule has 138 valence electrons. The average Bonchev–Trinajstić information content (AvgIpc) is 3.20. The van der Waals surface area contributed by atoms with Crippen LogP contribution in [0.3, 0.4) is 0 Å². The van der Waals surface area contributed by atoms with Crippen molar-refractivity contribution in [1.82, 2.24) is 15.1 Å². The van der Waals surface area contributed by atoms with Gasteiger partial charge in [-0.05, 0) is 17.7 Å². The van der Waals surface area contributed by atoms with E-state index in [4.69, 9.17) is 4.74 Å². The molecule has 26 heavy (non-hydrogen) atoms. The normalized spacial score (nSPS) is 19.9. The number of carbonyl (C=O) groups excluding carboxylic acids is 2. The molecule has 1 N–H and O–H groups in total. The van der Waals surface area contributed by atoms with Crippen molar-refractivity contribution in [2.45, 2.75) is 32.2 Å². The molecule has 8 heteroatoms. The fourth-order valence-electron chi connectivity index (χ4n) is 3.10. The molecule has 1 saturated heterocycles. The number of rotatable bonds is 5. The number of hydrogen-bond acceptors (Lipinski definition) is 6. The van der Waals surface area contributed by atoms with Crippen molar-refractivity contribution in [1.29, 1.82) is 0 Å². The summed E-state index contributed by atoms with van der Waals surface area (Å²) in [5.41, 5.74) is 0.873. The minimum atomic E-state index is -0.494. The molecule has 2 amide bonds. The lowest BCUT2D eigenvalue weighted by molar-refractivity contribution is -0.127. The van der Waals surface area contributed by atoms with Crippen molar-refractivity contribution in [2.75, 3.05) is 19.5 Å². The van der Waals surface area contributed by atoms with Crippen LogP contribution < -0.4 is 10.1 Å². The van der Waals surface area contributed by atoms with E-state index in [2.05, 4.69) is 15.5 Å². The molecule has 2 aromatic rings. The van der Waals surface area contributed by atoms with Crippen LogP contribution in [0.4, 0.5) is 5.13 Å². The van der Waals surface area contributed by atoms with Gasteiger partial charge in [0.15, 0.2) is 0 Å². The van der Waals surface area contributed by atoms with Crippen LogP contribution in [0.15, 0.2) is 24.3 Å². The third-order valence-electron chi connectivity index (χ3n) is 4.52. The molecule has 7 nitrogen and oxygen atoms in total. The van der Waals surface area contributed by atoms with Gasteiger partial charge in [0.05, 0.1) is 19.1 Å². The highest BCUT2D eigenvalue weighted by atomic mass is 32.1. The standard InChI is InChI=1S/C18H22N4O3S/c1-10(2)17-20-21-18(26-17)19-16(24)13-9-14(23)22(3)15(13)11-6-5-7-12(8-11)25-4/h5-8,10,13,15H,9H2,1-4H3,(H,19,21,24). The van der Waals surface area contributed by atoms with Crippen LogP contribution in [-0.2, 0) is 9.59 Å². The highest BCUT2D eigenvalue weighted by Gasteiger charge is 2.43. The second kappa shape index (κ2) is 7.41. The Balaban J connectivity index is 1.83. The Morgan fingerprint density at radius 2 is 2.15 bits per heavy atom. The predicted octanol–water partition coefficient (Wildman–Crippen LogP) is 2.83. The molecule has 2 unspecified atom stereocenters. The third-order valence-corrected chi connectivity index (χ3v) is 5.66. The summed E-state index contributed by atoms with van der Waals surface area (Å²) in [5, 5.41) is 12.3. The van der Waals surface area contributed by atoms with Gasteiger partial charge in [0, 0.05) is 19.4 Å². The van der Waals surface area contributed by atoms with Crippen molar-refractivity contribution in [2.24, 2.45) is 5.92 Å². The van der Waals surface area contributed by atoms with Crippen molar-refractivity contribution >= 4 is 28.3 Å². The fourth-order valence-corrected chi connectivity index (χ4v) is 3.85. The minimum absolute atomic E-state index is 0.0573. The first kappa shape index (κ1) is 18.3. The lowest BCUT2D eigenvalue weighted by atomic mass is 9.93. The maximum Gasteiger partial charge on any atom is 0.232 e. The summed E-state index contributed by atoms with van der Waals surface area (Å²) in [6.07, 6.45) is 0.167. The largest absolute Gasteiger partial charge is 0.497 e. The van der Waals surface area contributed by atoms with Crippen LogP contribution in [0, 0.1) is 5.92 Å². The van der Waals surface area contributed by atoms with E-state index >= 15 is 0 Å². The van der Waals surface area contributed by atoms with Gasteiger partial charge in [0.1, 0.15) is 10.8 Å². The van der Waals surface area contributed by atoms with E-state index in [9.17, 15) is 9.59 Å². The predicted molar refractivity (Wildman–Crippen MR) is 99.2 cm³/mol. The number of amides is 2. The van der Waals surface area contributed by atoms with E-state index in [-0.39, 0.29) is 30.2 Å². The monoisotopic (exact) mass is 374 g/mol. The molecule has 0 radical (unpaired) electrons. The molecule has 2 atom stereocenters. The molecule has 2 heterocycles. The van der Waals surface area contributed by atoms with Crippen LogP contribution in [0.2, 0.25) is 0 Å². The van der Waals surface area contributed by atoms with Crippen LogP contribution in [0.1, 0.15) is 42.8 Å². The Morgan fingerprint density at radius 1 is 1.38 bits per heavy atom. The molecule has 1 aromatic heterocycles. The first-order chi connectivity index (χ1) is 12.4. The first-order valence-electron chi connectivity index (χ1n) is 8.44. The van der Waals surface area contributed by atoms with Crippen molar-refractivity contribution in [3.05, 3.63) is 34.8 Å². The Labute approximate surface area is 156 Å². The molecule has 3 rings (SSSR count). The maximum atomic E-state index is 12.8. The number of likely N-dealkylation sites (tertiary alicyclic amines) is 1. The van der Waals surface area contributed by atoms with Crippen LogP contribution in [0.5, 0.6) is 5.75 Å². The van der Waals surface area contributed by atoms with Gasteiger partial charge in [-0.3, -0.25) is 9.59 Å². The van der Waals surface area contributed by atoms with Gasteiger partial charge >= 0.3 is 0 Å². The number of methoxy groups -OCH3 is 1. The van der Waals surface area contributed by atoms with E-state index in [1.807, 2.05) is 38.1 Å². The number of hydrogen-bond donors (Lipinski definition) is 1.